The first-order valence-corrected chi connectivity index (χ1v) is 8.29. The van der Waals surface area contributed by atoms with Gasteiger partial charge in [-0.15, -0.1) is 0 Å². The van der Waals surface area contributed by atoms with Gasteiger partial charge in [0, 0.05) is 24.7 Å². The molecule has 0 aromatic heterocycles. The Balaban J connectivity index is 2.18. The van der Waals surface area contributed by atoms with E-state index >= 15 is 0 Å². The summed E-state index contributed by atoms with van der Waals surface area (Å²) in [4.78, 5) is 6.72. The van der Waals surface area contributed by atoms with Crippen LogP contribution in [0.25, 0.3) is 0 Å². The summed E-state index contributed by atoms with van der Waals surface area (Å²) in [6, 6.07) is 0.152. The second-order valence-corrected chi connectivity index (χ2v) is 7.97. The van der Waals surface area contributed by atoms with Gasteiger partial charge in [-0.3, -0.25) is 4.99 Å². The van der Waals surface area contributed by atoms with Gasteiger partial charge in [0.2, 0.25) is 10.0 Å². The first-order valence-electron chi connectivity index (χ1n) is 6.75. The summed E-state index contributed by atoms with van der Waals surface area (Å²) in [5.41, 5.74) is 2.48. The molecule has 2 aliphatic heterocycles. The van der Waals surface area contributed by atoms with Crippen molar-refractivity contribution in [2.45, 2.75) is 58.4 Å². The molecule has 108 valence electrons. The predicted molar refractivity (Wildman–Crippen MR) is 77.6 cm³/mol. The molecule has 2 aliphatic rings. The lowest BCUT2D eigenvalue weighted by atomic mass is 10.0. The molecule has 0 aromatic carbocycles. The van der Waals surface area contributed by atoms with E-state index < -0.39 is 15.3 Å². The molecule has 2 atom stereocenters. The minimum Gasteiger partial charge on any atom is -0.332 e. The van der Waals surface area contributed by atoms with Crippen molar-refractivity contribution in [2.75, 3.05) is 6.54 Å². The van der Waals surface area contributed by atoms with Gasteiger partial charge in [-0.2, -0.15) is 0 Å². The van der Waals surface area contributed by atoms with Crippen molar-refractivity contribution < 1.29 is 8.42 Å². The molecule has 1 N–H and O–H groups in total. The molecule has 6 heteroatoms. The van der Waals surface area contributed by atoms with E-state index in [-0.39, 0.29) is 12.1 Å². The maximum absolute atomic E-state index is 11.9. The number of fused-ring (bicyclic) bond motifs is 1. The Hall–Kier alpha value is -0.880. The number of amidine groups is 1. The fraction of sp³-hybridized carbons (Fsp3) is 0.769. The third-order valence-electron chi connectivity index (χ3n) is 3.97. The molecule has 0 spiro atoms. The molecule has 0 aromatic rings. The fourth-order valence-corrected chi connectivity index (χ4v) is 3.47. The SMILES string of the molecule is CC1=N[C@@H](C)C(C)=C2CC(NS(=O)(=O)C(C)C)CN12. The largest absolute Gasteiger partial charge is 0.332 e. The second-order valence-electron chi connectivity index (χ2n) is 5.71. The average molecular weight is 285 g/mol. The number of rotatable bonds is 3. The van der Waals surface area contributed by atoms with Gasteiger partial charge in [-0.1, -0.05) is 0 Å². The van der Waals surface area contributed by atoms with Gasteiger partial charge in [0.05, 0.1) is 11.3 Å². The maximum Gasteiger partial charge on any atom is 0.214 e. The molecule has 0 aliphatic carbocycles. The molecule has 5 nitrogen and oxygen atoms in total. The van der Waals surface area contributed by atoms with Crippen molar-refractivity contribution in [3.05, 3.63) is 11.3 Å². The van der Waals surface area contributed by atoms with Crippen LogP contribution < -0.4 is 4.72 Å². The number of hydrogen-bond donors (Lipinski definition) is 1. The number of hydrogen-bond acceptors (Lipinski definition) is 4. The highest BCUT2D eigenvalue weighted by atomic mass is 32.2. The van der Waals surface area contributed by atoms with Gasteiger partial charge in [0.1, 0.15) is 5.84 Å². The van der Waals surface area contributed by atoms with Gasteiger partial charge < -0.3 is 4.90 Å². The van der Waals surface area contributed by atoms with Crippen LogP contribution >= 0.6 is 0 Å². The van der Waals surface area contributed by atoms with E-state index in [9.17, 15) is 8.42 Å². The molecule has 19 heavy (non-hydrogen) atoms. The Kier molecular flexibility index (Phi) is 3.75. The van der Waals surface area contributed by atoms with Crippen molar-refractivity contribution in [1.82, 2.24) is 9.62 Å². The first kappa shape index (κ1) is 14.5. The molecule has 0 bridgehead atoms. The summed E-state index contributed by atoms with van der Waals surface area (Å²) >= 11 is 0. The molecule has 0 amide bonds. The number of nitrogens with zero attached hydrogens (tertiary/aromatic N) is 2. The average Bonchev–Trinajstić information content (AvgIpc) is 2.69. The van der Waals surface area contributed by atoms with Crippen LogP contribution in [0.1, 0.15) is 41.0 Å². The monoisotopic (exact) mass is 285 g/mol. The molecule has 0 radical (unpaired) electrons. The highest BCUT2D eigenvalue weighted by Crippen LogP contribution is 2.31. The number of aliphatic imine (C=N–C) groups is 1. The Bertz CT molecular complexity index is 534. The van der Waals surface area contributed by atoms with Crippen LogP contribution in [0.3, 0.4) is 0 Å². The quantitative estimate of drug-likeness (QED) is 0.854. The third-order valence-corrected chi connectivity index (χ3v) is 5.88. The highest BCUT2D eigenvalue weighted by Gasteiger charge is 2.35. The smallest absolute Gasteiger partial charge is 0.214 e. The molecular weight excluding hydrogens is 262 g/mol. The van der Waals surface area contributed by atoms with E-state index in [2.05, 4.69) is 28.5 Å². The van der Waals surface area contributed by atoms with Crippen LogP contribution in [0.4, 0.5) is 0 Å². The van der Waals surface area contributed by atoms with E-state index in [0.29, 0.717) is 6.54 Å². The van der Waals surface area contributed by atoms with Gasteiger partial charge in [-0.05, 0) is 40.2 Å². The van der Waals surface area contributed by atoms with Crippen LogP contribution in [0.15, 0.2) is 16.3 Å². The summed E-state index contributed by atoms with van der Waals surface area (Å²) in [7, 11) is -3.21. The topological polar surface area (TPSA) is 61.8 Å². The summed E-state index contributed by atoms with van der Waals surface area (Å²) in [6.45, 7) is 10.2. The lowest BCUT2D eigenvalue weighted by Crippen LogP contribution is -2.41. The van der Waals surface area contributed by atoms with Crippen LogP contribution in [-0.4, -0.2) is 43.0 Å². The zero-order chi connectivity index (χ0) is 14.4. The summed E-state index contributed by atoms with van der Waals surface area (Å²) < 4.78 is 26.7. The lowest BCUT2D eigenvalue weighted by Gasteiger charge is -2.28. The zero-order valence-electron chi connectivity index (χ0n) is 12.3. The molecule has 1 unspecified atom stereocenters. The van der Waals surface area contributed by atoms with Gasteiger partial charge in [0.25, 0.3) is 0 Å². The van der Waals surface area contributed by atoms with Crippen LogP contribution in [0, 0.1) is 0 Å². The van der Waals surface area contributed by atoms with E-state index in [0.717, 1.165) is 12.3 Å². The Morgan fingerprint density at radius 1 is 1.37 bits per heavy atom. The van der Waals surface area contributed by atoms with Crippen molar-refractivity contribution in [1.29, 1.82) is 0 Å². The van der Waals surface area contributed by atoms with Gasteiger partial charge in [-0.25, -0.2) is 13.1 Å². The predicted octanol–water partition coefficient (Wildman–Crippen LogP) is 1.48. The fourth-order valence-electron chi connectivity index (χ4n) is 2.58. The van der Waals surface area contributed by atoms with E-state index in [1.54, 1.807) is 13.8 Å². The molecule has 1 fully saturated rings. The molecule has 2 heterocycles. The summed E-state index contributed by atoms with van der Waals surface area (Å²) in [5, 5.41) is -0.395. The summed E-state index contributed by atoms with van der Waals surface area (Å²) in [5.74, 6) is 0.986. The van der Waals surface area contributed by atoms with Crippen molar-refractivity contribution in [2.24, 2.45) is 4.99 Å². The summed E-state index contributed by atoms with van der Waals surface area (Å²) in [6.07, 6.45) is 0.759. The van der Waals surface area contributed by atoms with Crippen LogP contribution in [0.2, 0.25) is 0 Å². The van der Waals surface area contributed by atoms with Gasteiger partial charge >= 0.3 is 0 Å². The van der Waals surface area contributed by atoms with Gasteiger partial charge in [0.15, 0.2) is 0 Å². The third kappa shape index (κ3) is 2.69. The lowest BCUT2D eigenvalue weighted by molar-refractivity contribution is 0.507. The van der Waals surface area contributed by atoms with Crippen molar-refractivity contribution in [3.63, 3.8) is 0 Å². The van der Waals surface area contributed by atoms with Crippen molar-refractivity contribution in [3.8, 4) is 0 Å². The molecule has 0 saturated carbocycles. The highest BCUT2D eigenvalue weighted by molar-refractivity contribution is 7.90. The number of sulfonamides is 1. The van der Waals surface area contributed by atoms with Crippen LogP contribution in [0.5, 0.6) is 0 Å². The van der Waals surface area contributed by atoms with Crippen molar-refractivity contribution >= 4 is 15.9 Å². The normalized spacial score (nSPS) is 27.9. The molecular formula is C13H23N3O2S. The Labute approximate surface area is 115 Å². The molecule has 1 saturated heterocycles. The van der Waals surface area contributed by atoms with E-state index in [1.807, 2.05) is 6.92 Å². The minimum atomic E-state index is -3.21. The Morgan fingerprint density at radius 3 is 2.58 bits per heavy atom. The maximum atomic E-state index is 11.9. The zero-order valence-corrected chi connectivity index (χ0v) is 13.1. The minimum absolute atomic E-state index is 0.0483. The number of nitrogens with one attached hydrogen (secondary N) is 1. The second kappa shape index (κ2) is 4.90. The Morgan fingerprint density at radius 2 is 2.00 bits per heavy atom. The first-order chi connectivity index (χ1) is 8.72. The molecule has 2 rings (SSSR count). The van der Waals surface area contributed by atoms with Crippen LogP contribution in [-0.2, 0) is 10.0 Å². The van der Waals surface area contributed by atoms with E-state index in [4.69, 9.17) is 0 Å². The standard InChI is InChI=1S/C13H23N3O2S/c1-8(2)19(17,18)15-12-6-13-9(3)10(4)14-11(5)16(13)7-12/h8,10,12,15H,6-7H2,1-5H3/t10-,12?/m0/s1. The van der Waals surface area contributed by atoms with E-state index in [1.165, 1.54) is 11.3 Å².